The minimum Gasteiger partial charge on any atom is -0.387 e. The van der Waals surface area contributed by atoms with Crippen LogP contribution in [0.3, 0.4) is 0 Å². The first kappa shape index (κ1) is 27.7. The van der Waals surface area contributed by atoms with Gasteiger partial charge in [0, 0.05) is 30.7 Å². The number of benzene rings is 1. The molecule has 1 saturated heterocycles. The zero-order chi connectivity index (χ0) is 26.4. The maximum Gasteiger partial charge on any atom is 0.233 e. The van der Waals surface area contributed by atoms with Crippen LogP contribution in [-0.2, 0) is 17.6 Å². The molecule has 1 amide bonds. The van der Waals surface area contributed by atoms with Crippen molar-refractivity contribution in [1.29, 1.82) is 0 Å². The second-order valence-corrected chi connectivity index (χ2v) is 11.6. The van der Waals surface area contributed by atoms with Crippen molar-refractivity contribution in [2.75, 3.05) is 13.1 Å². The fourth-order valence-corrected chi connectivity index (χ4v) is 6.84. The van der Waals surface area contributed by atoms with E-state index in [-0.39, 0.29) is 11.8 Å². The summed E-state index contributed by atoms with van der Waals surface area (Å²) in [4.78, 5) is 14.4. The molecule has 3 aliphatic rings. The summed E-state index contributed by atoms with van der Waals surface area (Å²) < 4.78 is 0. The Kier molecular flexibility index (Phi) is 9.70. The van der Waals surface area contributed by atoms with Gasteiger partial charge in [0.25, 0.3) is 0 Å². The Labute approximate surface area is 225 Å². The fraction of sp³-hybridized carbons (Fsp3) is 0.606. The van der Waals surface area contributed by atoms with Gasteiger partial charge in [-0.25, -0.2) is 0 Å². The molecule has 0 saturated carbocycles. The largest absolute Gasteiger partial charge is 0.387 e. The lowest BCUT2D eigenvalue weighted by atomic mass is 9.79. The molecule has 2 heterocycles. The number of carbonyl (C=O) groups is 1. The van der Waals surface area contributed by atoms with Crippen LogP contribution in [0, 0.1) is 12.8 Å². The van der Waals surface area contributed by atoms with E-state index in [0.717, 1.165) is 37.9 Å². The predicted octanol–water partition coefficient (Wildman–Crippen LogP) is 6.83. The van der Waals surface area contributed by atoms with Crippen LogP contribution >= 0.6 is 0 Å². The number of β-lactam (4-membered cyclic amide) rings is 1. The maximum absolute atomic E-state index is 12.4. The summed E-state index contributed by atoms with van der Waals surface area (Å²) in [5, 5.41) is 3.50. The van der Waals surface area contributed by atoms with Gasteiger partial charge >= 0.3 is 0 Å². The van der Waals surface area contributed by atoms with E-state index in [1.807, 2.05) is 4.90 Å². The van der Waals surface area contributed by atoms with Crippen molar-refractivity contribution >= 4 is 5.91 Å². The Morgan fingerprint density at radius 3 is 2.70 bits per heavy atom. The van der Waals surface area contributed by atoms with Gasteiger partial charge in [0.2, 0.25) is 5.91 Å². The Morgan fingerprint density at radius 2 is 1.95 bits per heavy atom. The van der Waals surface area contributed by atoms with Crippen LogP contribution in [0.4, 0.5) is 0 Å². The molecule has 1 aliphatic carbocycles. The molecule has 1 aromatic rings. The average Bonchev–Trinajstić information content (AvgIpc) is 2.87. The van der Waals surface area contributed by atoms with E-state index in [1.165, 1.54) is 61.6 Å². The molecule has 4 rings (SSSR count). The van der Waals surface area contributed by atoms with Gasteiger partial charge in [0.05, 0.1) is 5.92 Å². The number of allylic oxidation sites excluding steroid dienone is 4. The summed E-state index contributed by atoms with van der Waals surface area (Å²) >= 11 is 0. The number of amides is 1. The maximum atomic E-state index is 12.4. The summed E-state index contributed by atoms with van der Waals surface area (Å²) in [6, 6.07) is 5.31. The molecule has 4 heteroatoms. The quantitative estimate of drug-likeness (QED) is 0.187. The molecule has 1 fully saturated rings. The number of aryl methyl sites for hydroxylation is 3. The summed E-state index contributed by atoms with van der Waals surface area (Å²) in [7, 11) is 0. The Bertz CT molecular complexity index is 1050. The number of nitrogens with two attached hydrogens (primary N) is 1. The predicted molar refractivity (Wildman–Crippen MR) is 155 cm³/mol. The summed E-state index contributed by atoms with van der Waals surface area (Å²) in [6.45, 7) is 10.3. The monoisotopic (exact) mass is 503 g/mol. The molecule has 4 nitrogen and oxygen atoms in total. The second-order valence-electron chi connectivity index (χ2n) is 11.6. The van der Waals surface area contributed by atoms with Gasteiger partial charge in [-0.15, -0.1) is 0 Å². The molecule has 3 N–H and O–H groups in total. The highest BCUT2D eigenvalue weighted by molar-refractivity contribution is 5.88. The molecular formula is C33H49N3O. The third-order valence-corrected chi connectivity index (χ3v) is 8.90. The Hall–Kier alpha value is -2.33. The van der Waals surface area contributed by atoms with Crippen LogP contribution in [0.5, 0.6) is 0 Å². The number of hydrogen-bond donors (Lipinski definition) is 2. The number of hydrogen-bond acceptors (Lipinski definition) is 3. The molecule has 202 valence electrons. The van der Waals surface area contributed by atoms with Crippen LogP contribution < -0.4 is 11.1 Å². The first-order valence-electron chi connectivity index (χ1n) is 14.8. The molecule has 1 aromatic carbocycles. The molecule has 0 spiro atoms. The van der Waals surface area contributed by atoms with E-state index in [0.29, 0.717) is 18.5 Å². The first-order chi connectivity index (χ1) is 17.9. The van der Waals surface area contributed by atoms with Crippen LogP contribution in [0.1, 0.15) is 107 Å². The van der Waals surface area contributed by atoms with Crippen molar-refractivity contribution in [3.05, 3.63) is 69.6 Å². The van der Waals surface area contributed by atoms with E-state index in [1.54, 1.807) is 16.7 Å². The van der Waals surface area contributed by atoms with Gasteiger partial charge in [0.15, 0.2) is 0 Å². The van der Waals surface area contributed by atoms with Crippen LogP contribution in [0.15, 0.2) is 47.3 Å². The zero-order valence-corrected chi connectivity index (χ0v) is 23.7. The molecule has 0 aromatic heterocycles. The van der Waals surface area contributed by atoms with Gasteiger partial charge in [-0.05, 0) is 113 Å². The lowest BCUT2D eigenvalue weighted by molar-refractivity contribution is -0.152. The van der Waals surface area contributed by atoms with Crippen molar-refractivity contribution in [3.8, 4) is 0 Å². The molecule has 0 radical (unpaired) electrons. The standard InChI is InChI=1S/C33H49N3O/c1-5-6-7-12-26-19-24(3)32(27-14-10-11-23(2)18-27)28(20-26)13-8-9-17-35-22-29-15-16-31-30(21-34)33(37)36(31)25(29)4/h9,17-20,27,30-31,35H,5-8,10-16,21-22,34H2,1-4H3/b17-9+. The normalized spacial score (nSPS) is 23.8. The highest BCUT2D eigenvalue weighted by Gasteiger charge is 2.48. The number of unbranched alkanes of at least 4 members (excludes halogenated alkanes) is 2. The highest BCUT2D eigenvalue weighted by atomic mass is 16.2. The zero-order valence-electron chi connectivity index (χ0n) is 23.7. The third-order valence-electron chi connectivity index (χ3n) is 8.90. The minimum atomic E-state index is 0.0380. The summed E-state index contributed by atoms with van der Waals surface area (Å²) in [5.41, 5.74) is 16.0. The topological polar surface area (TPSA) is 58.4 Å². The Balaban J connectivity index is 1.37. The summed E-state index contributed by atoms with van der Waals surface area (Å²) in [5.74, 6) is 0.823. The average molecular weight is 504 g/mol. The van der Waals surface area contributed by atoms with E-state index >= 15 is 0 Å². The molecule has 2 aliphatic heterocycles. The van der Waals surface area contributed by atoms with Crippen LogP contribution in [0.2, 0.25) is 0 Å². The van der Waals surface area contributed by atoms with Crippen LogP contribution in [-0.4, -0.2) is 29.9 Å². The van der Waals surface area contributed by atoms with Gasteiger partial charge in [-0.1, -0.05) is 49.6 Å². The fourth-order valence-electron chi connectivity index (χ4n) is 6.84. The SMILES string of the molecule is CCCCCc1cc(C)c(C2C=C(C)CCC2)c(CC/C=C/NCC2=C(C)N3C(=O)C(CN)C3CC2)c1. The van der Waals surface area contributed by atoms with E-state index < -0.39 is 0 Å². The number of rotatable bonds is 12. The summed E-state index contributed by atoms with van der Waals surface area (Å²) in [6.07, 6.45) is 20.1. The highest BCUT2D eigenvalue weighted by Crippen LogP contribution is 2.39. The Morgan fingerprint density at radius 1 is 1.11 bits per heavy atom. The lowest BCUT2D eigenvalue weighted by Gasteiger charge is -2.50. The van der Waals surface area contributed by atoms with Gasteiger partial charge in [0.1, 0.15) is 0 Å². The smallest absolute Gasteiger partial charge is 0.233 e. The van der Waals surface area contributed by atoms with E-state index in [9.17, 15) is 4.79 Å². The van der Waals surface area contributed by atoms with Crippen molar-refractivity contribution in [3.63, 3.8) is 0 Å². The third kappa shape index (κ3) is 6.39. The van der Waals surface area contributed by atoms with Crippen LogP contribution in [0.25, 0.3) is 0 Å². The number of fused-ring (bicyclic) bond motifs is 1. The molecule has 37 heavy (non-hydrogen) atoms. The van der Waals surface area contributed by atoms with Gasteiger partial charge < -0.3 is 16.0 Å². The number of nitrogens with one attached hydrogen (secondary N) is 1. The first-order valence-corrected chi connectivity index (χ1v) is 14.8. The lowest BCUT2D eigenvalue weighted by Crippen LogP contribution is -2.63. The molecular weight excluding hydrogens is 454 g/mol. The number of carbonyl (C=O) groups excluding carboxylic acids is 1. The molecule has 3 atom stereocenters. The van der Waals surface area contributed by atoms with E-state index in [2.05, 4.69) is 63.5 Å². The van der Waals surface area contributed by atoms with Gasteiger partial charge in [-0.3, -0.25) is 4.79 Å². The van der Waals surface area contributed by atoms with Crippen molar-refractivity contribution in [2.45, 2.75) is 110 Å². The molecule has 3 unspecified atom stereocenters. The second kappa shape index (κ2) is 13.0. The minimum absolute atomic E-state index is 0.0380. The van der Waals surface area contributed by atoms with Crippen molar-refractivity contribution in [2.24, 2.45) is 11.7 Å². The molecule has 0 bridgehead atoms. The van der Waals surface area contributed by atoms with E-state index in [4.69, 9.17) is 5.73 Å². The number of nitrogens with zero attached hydrogens (tertiary/aromatic N) is 1. The van der Waals surface area contributed by atoms with Crippen molar-refractivity contribution in [1.82, 2.24) is 10.2 Å². The van der Waals surface area contributed by atoms with Crippen molar-refractivity contribution < 1.29 is 4.79 Å². The van der Waals surface area contributed by atoms with Gasteiger partial charge in [-0.2, -0.15) is 0 Å².